The number of fused-ring (bicyclic) bond motifs is 2. The predicted octanol–water partition coefficient (Wildman–Crippen LogP) is 2.79. The zero-order valence-electron chi connectivity index (χ0n) is 16.8. The van der Waals surface area contributed by atoms with Crippen LogP contribution in [0.15, 0.2) is 11.2 Å². The summed E-state index contributed by atoms with van der Waals surface area (Å²) in [5.41, 5.74) is 6.72. The Bertz CT molecular complexity index is 976. The van der Waals surface area contributed by atoms with Crippen molar-refractivity contribution < 1.29 is 8.42 Å². The Kier molecular flexibility index (Phi) is 5.07. The topological polar surface area (TPSA) is 91.0 Å². The molecule has 1 aromatic heterocycles. The van der Waals surface area contributed by atoms with E-state index in [0.29, 0.717) is 12.4 Å². The lowest BCUT2D eigenvalue weighted by Gasteiger charge is -2.15. The second-order valence-corrected chi connectivity index (χ2v) is 10.6. The minimum absolute atomic E-state index is 0.0226. The van der Waals surface area contributed by atoms with Crippen LogP contribution in [0.1, 0.15) is 54.4 Å². The molecule has 5 rings (SSSR count). The van der Waals surface area contributed by atoms with Crippen LogP contribution < -0.4 is 5.32 Å². The molecular formula is C21H29N5O2S. The van der Waals surface area contributed by atoms with Crippen LogP contribution in [0, 0.1) is 0 Å². The van der Waals surface area contributed by atoms with Crippen LogP contribution in [0.3, 0.4) is 0 Å². The molecule has 29 heavy (non-hydrogen) atoms. The number of H-pyrrole nitrogens is 1. The van der Waals surface area contributed by atoms with Gasteiger partial charge in [-0.1, -0.05) is 6.07 Å². The summed E-state index contributed by atoms with van der Waals surface area (Å²) in [4.78, 5) is 6.63. The summed E-state index contributed by atoms with van der Waals surface area (Å²) in [6.45, 7) is 3.01. The Morgan fingerprint density at radius 2 is 1.69 bits per heavy atom. The van der Waals surface area contributed by atoms with E-state index < -0.39 is 9.84 Å². The van der Waals surface area contributed by atoms with Crippen molar-refractivity contribution in [1.29, 1.82) is 0 Å². The summed E-state index contributed by atoms with van der Waals surface area (Å²) in [5, 5.41) is 10.2. The number of likely N-dealkylation sites (tertiary alicyclic amines) is 1. The number of benzene rings is 1. The second kappa shape index (κ2) is 7.72. The smallest absolute Gasteiger partial charge is 0.247 e. The molecule has 7 nitrogen and oxygen atoms in total. The highest BCUT2D eigenvalue weighted by Gasteiger charge is 2.26. The third-order valence-corrected chi connectivity index (χ3v) is 8.15. The average molecular weight is 416 g/mol. The lowest BCUT2D eigenvalue weighted by Crippen LogP contribution is -2.23. The van der Waals surface area contributed by atoms with E-state index in [9.17, 15) is 8.42 Å². The van der Waals surface area contributed by atoms with Crippen molar-refractivity contribution in [1.82, 2.24) is 20.1 Å². The van der Waals surface area contributed by atoms with Gasteiger partial charge in [-0.2, -0.15) is 4.98 Å². The van der Waals surface area contributed by atoms with E-state index in [0.717, 1.165) is 51.0 Å². The summed E-state index contributed by atoms with van der Waals surface area (Å²) < 4.78 is 25.3. The average Bonchev–Trinajstić information content (AvgIpc) is 3.48. The molecule has 0 amide bonds. The normalized spacial score (nSPS) is 18.9. The number of hydrogen-bond donors (Lipinski definition) is 2. The number of aryl methyl sites for hydroxylation is 2. The van der Waals surface area contributed by atoms with Crippen molar-refractivity contribution in [3.8, 4) is 0 Å². The maximum atomic E-state index is 12.7. The molecule has 0 bridgehead atoms. The summed E-state index contributed by atoms with van der Waals surface area (Å²) in [6.07, 6.45) is 9.81. The van der Waals surface area contributed by atoms with Gasteiger partial charge in [0, 0.05) is 5.69 Å². The number of rotatable bonds is 7. The molecule has 8 heteroatoms. The van der Waals surface area contributed by atoms with Gasteiger partial charge < -0.3 is 10.2 Å². The summed E-state index contributed by atoms with van der Waals surface area (Å²) in [7, 11) is -3.44. The number of hydrogen-bond acceptors (Lipinski definition) is 6. The molecule has 1 saturated heterocycles. The maximum Gasteiger partial charge on any atom is 0.247 e. The molecule has 2 heterocycles. The molecule has 2 aliphatic carbocycles. The molecule has 1 aliphatic heterocycles. The third-order valence-electron chi connectivity index (χ3n) is 6.56. The van der Waals surface area contributed by atoms with Gasteiger partial charge in [-0.15, -0.1) is 5.10 Å². The molecule has 3 aliphatic rings. The molecular weight excluding hydrogens is 386 g/mol. The van der Waals surface area contributed by atoms with Crippen LogP contribution >= 0.6 is 0 Å². The fourth-order valence-corrected chi connectivity index (χ4v) is 6.21. The number of aromatic nitrogens is 3. The Hall–Kier alpha value is -1.93. The first-order valence-electron chi connectivity index (χ1n) is 10.9. The Balaban J connectivity index is 1.31. The highest BCUT2D eigenvalue weighted by molar-refractivity contribution is 7.91. The van der Waals surface area contributed by atoms with Crippen molar-refractivity contribution in [2.75, 3.05) is 30.7 Å². The standard InChI is InChI=1S/C21H29N5O2S/c27-29(28,13-5-12-26-10-1-2-11-26)21-23-20(24-25-21)22-19-17-8-3-6-15(17)14-16-7-4-9-18(16)19/h14H,1-13H2,(H2,22,23,24,25). The van der Waals surface area contributed by atoms with Gasteiger partial charge in [0.1, 0.15) is 0 Å². The van der Waals surface area contributed by atoms with E-state index in [-0.39, 0.29) is 10.9 Å². The van der Waals surface area contributed by atoms with E-state index >= 15 is 0 Å². The molecule has 0 atom stereocenters. The van der Waals surface area contributed by atoms with Gasteiger partial charge in [0.15, 0.2) is 0 Å². The number of nitrogens with zero attached hydrogens (tertiary/aromatic N) is 3. The van der Waals surface area contributed by atoms with E-state index in [1.807, 2.05) is 0 Å². The highest BCUT2D eigenvalue weighted by Crippen LogP contribution is 2.39. The third kappa shape index (κ3) is 3.80. The van der Waals surface area contributed by atoms with Crippen molar-refractivity contribution in [2.24, 2.45) is 0 Å². The first-order valence-corrected chi connectivity index (χ1v) is 12.6. The zero-order valence-corrected chi connectivity index (χ0v) is 17.7. The van der Waals surface area contributed by atoms with Crippen LogP contribution in [0.2, 0.25) is 0 Å². The minimum atomic E-state index is -3.44. The van der Waals surface area contributed by atoms with Crippen molar-refractivity contribution in [3.63, 3.8) is 0 Å². The number of nitrogens with one attached hydrogen (secondary N) is 2. The maximum absolute atomic E-state index is 12.7. The molecule has 0 saturated carbocycles. The van der Waals surface area contributed by atoms with Crippen molar-refractivity contribution in [2.45, 2.75) is 62.9 Å². The highest BCUT2D eigenvalue weighted by atomic mass is 32.2. The van der Waals surface area contributed by atoms with Gasteiger partial charge >= 0.3 is 0 Å². The monoisotopic (exact) mass is 415 g/mol. The lowest BCUT2D eigenvalue weighted by atomic mass is 9.99. The first-order chi connectivity index (χ1) is 14.1. The number of aromatic amines is 1. The summed E-state index contributed by atoms with van der Waals surface area (Å²) in [5.74, 6) is 0.464. The number of anilines is 2. The van der Waals surface area contributed by atoms with Crippen LogP contribution in [0.25, 0.3) is 0 Å². The van der Waals surface area contributed by atoms with Crippen LogP contribution in [-0.2, 0) is 35.5 Å². The summed E-state index contributed by atoms with van der Waals surface area (Å²) in [6, 6.07) is 2.38. The fourth-order valence-electron chi connectivity index (χ4n) is 5.10. The number of sulfone groups is 1. The van der Waals surface area contributed by atoms with Gasteiger partial charge in [0.25, 0.3) is 0 Å². The Morgan fingerprint density at radius 3 is 2.38 bits per heavy atom. The van der Waals surface area contributed by atoms with Gasteiger partial charge in [-0.25, -0.2) is 13.5 Å². The molecule has 1 aromatic carbocycles. The van der Waals surface area contributed by atoms with Crippen molar-refractivity contribution >= 4 is 21.5 Å². The van der Waals surface area contributed by atoms with E-state index in [2.05, 4.69) is 31.5 Å². The largest absolute Gasteiger partial charge is 0.322 e. The van der Waals surface area contributed by atoms with Gasteiger partial charge in [0.2, 0.25) is 20.9 Å². The predicted molar refractivity (Wildman–Crippen MR) is 113 cm³/mol. The van der Waals surface area contributed by atoms with Gasteiger partial charge in [-0.05, 0) is 99.7 Å². The summed E-state index contributed by atoms with van der Waals surface area (Å²) >= 11 is 0. The Labute approximate surface area is 172 Å². The molecule has 2 aromatic rings. The minimum Gasteiger partial charge on any atom is -0.322 e. The Morgan fingerprint density at radius 1 is 1.00 bits per heavy atom. The van der Waals surface area contributed by atoms with Crippen LogP contribution in [-0.4, -0.2) is 53.9 Å². The van der Waals surface area contributed by atoms with Gasteiger partial charge in [-0.3, -0.25) is 0 Å². The molecule has 0 unspecified atom stereocenters. The SMILES string of the molecule is O=S(=O)(CCCN1CCCC1)c1nc(Nc2c3c(cc4c2CCC4)CCC3)n[nH]1. The zero-order chi connectivity index (χ0) is 19.8. The van der Waals surface area contributed by atoms with Crippen LogP contribution in [0.4, 0.5) is 11.6 Å². The molecule has 0 radical (unpaired) electrons. The van der Waals surface area contributed by atoms with Crippen LogP contribution in [0.5, 0.6) is 0 Å². The van der Waals surface area contributed by atoms with Gasteiger partial charge in [0.05, 0.1) is 5.75 Å². The van der Waals surface area contributed by atoms with E-state index in [4.69, 9.17) is 0 Å². The second-order valence-electron chi connectivity index (χ2n) is 8.54. The molecule has 2 N–H and O–H groups in total. The molecule has 0 spiro atoms. The lowest BCUT2D eigenvalue weighted by molar-refractivity contribution is 0.340. The first kappa shape index (κ1) is 19.1. The van der Waals surface area contributed by atoms with E-state index in [1.165, 1.54) is 47.9 Å². The molecule has 1 fully saturated rings. The van der Waals surface area contributed by atoms with E-state index in [1.54, 1.807) is 0 Å². The quantitative estimate of drug-likeness (QED) is 0.723. The molecule has 156 valence electrons. The fraction of sp³-hybridized carbons (Fsp3) is 0.619. The van der Waals surface area contributed by atoms with Crippen molar-refractivity contribution in [3.05, 3.63) is 28.3 Å².